The number of pyridine rings is 1. The molecule has 1 fully saturated rings. The number of carboxylic acid groups (broad SMARTS) is 2. The van der Waals surface area contributed by atoms with Crippen LogP contribution in [0, 0.1) is 0 Å². The second kappa shape index (κ2) is 3.80. The zero-order chi connectivity index (χ0) is 11.7. The third-order valence-electron chi connectivity index (χ3n) is 2.12. The van der Waals surface area contributed by atoms with E-state index >= 15 is 0 Å². The molecule has 1 aliphatic carbocycles. The van der Waals surface area contributed by atoms with Crippen molar-refractivity contribution in [3.8, 4) is 5.75 Å². The number of nitrogens with zero attached hydrogens (tertiary/aromatic N) is 1. The molecule has 16 heavy (non-hydrogen) atoms. The molecule has 0 saturated heterocycles. The van der Waals surface area contributed by atoms with E-state index in [0.29, 0.717) is 0 Å². The highest BCUT2D eigenvalue weighted by Gasteiger charge is 2.27. The largest absolute Gasteiger partial charge is 0.488 e. The van der Waals surface area contributed by atoms with Gasteiger partial charge in [0.1, 0.15) is 0 Å². The first-order valence-electron chi connectivity index (χ1n) is 4.71. The predicted molar refractivity (Wildman–Crippen MR) is 51.8 cm³/mol. The Labute approximate surface area is 90.5 Å². The van der Waals surface area contributed by atoms with Crippen molar-refractivity contribution in [3.05, 3.63) is 23.5 Å². The maximum absolute atomic E-state index is 10.8. The molecule has 0 spiro atoms. The Morgan fingerprint density at radius 2 is 2.00 bits per heavy atom. The van der Waals surface area contributed by atoms with Crippen LogP contribution in [0.5, 0.6) is 5.75 Å². The molecule has 0 radical (unpaired) electrons. The van der Waals surface area contributed by atoms with Crippen molar-refractivity contribution in [1.82, 2.24) is 4.98 Å². The third kappa shape index (κ3) is 2.10. The summed E-state index contributed by atoms with van der Waals surface area (Å²) >= 11 is 0. The molecule has 0 unspecified atom stereocenters. The highest BCUT2D eigenvalue weighted by molar-refractivity contribution is 5.92. The molecule has 2 N–H and O–H groups in total. The van der Waals surface area contributed by atoms with Gasteiger partial charge in [-0.05, 0) is 18.9 Å². The maximum Gasteiger partial charge on any atom is 0.358 e. The minimum atomic E-state index is -1.23. The van der Waals surface area contributed by atoms with Crippen molar-refractivity contribution in [2.45, 2.75) is 18.9 Å². The molecule has 6 heteroatoms. The molecular formula is C10H9NO5. The predicted octanol–water partition coefficient (Wildman–Crippen LogP) is 1.02. The highest BCUT2D eigenvalue weighted by Crippen LogP contribution is 2.29. The zero-order valence-corrected chi connectivity index (χ0v) is 8.21. The first kappa shape index (κ1) is 10.4. The van der Waals surface area contributed by atoms with Gasteiger partial charge in [-0.1, -0.05) is 0 Å². The molecule has 1 aromatic heterocycles. The van der Waals surface area contributed by atoms with Crippen LogP contribution in [-0.4, -0.2) is 33.2 Å². The summed E-state index contributed by atoms with van der Waals surface area (Å²) < 4.78 is 5.30. The summed E-state index contributed by atoms with van der Waals surface area (Å²) in [7, 11) is 0. The second-order valence-corrected chi connectivity index (χ2v) is 3.50. The van der Waals surface area contributed by atoms with Crippen LogP contribution in [0.3, 0.4) is 0 Å². The van der Waals surface area contributed by atoms with Gasteiger partial charge in [0, 0.05) is 6.20 Å². The summed E-state index contributed by atoms with van der Waals surface area (Å²) in [4.78, 5) is 25.1. The Balaban J connectivity index is 2.37. The van der Waals surface area contributed by atoms with E-state index in [2.05, 4.69) is 4.98 Å². The van der Waals surface area contributed by atoms with E-state index in [1.165, 1.54) is 6.07 Å². The van der Waals surface area contributed by atoms with Gasteiger partial charge >= 0.3 is 11.9 Å². The number of hydrogen-bond donors (Lipinski definition) is 2. The normalized spacial score (nSPS) is 14.5. The van der Waals surface area contributed by atoms with Crippen LogP contribution in [-0.2, 0) is 0 Å². The summed E-state index contributed by atoms with van der Waals surface area (Å²) in [5.74, 6) is -2.37. The van der Waals surface area contributed by atoms with Crippen LogP contribution >= 0.6 is 0 Å². The second-order valence-electron chi connectivity index (χ2n) is 3.50. The van der Waals surface area contributed by atoms with Gasteiger partial charge in [0.2, 0.25) is 0 Å². The van der Waals surface area contributed by atoms with Gasteiger partial charge in [-0.15, -0.1) is 0 Å². The lowest BCUT2D eigenvalue weighted by atomic mass is 10.2. The number of carboxylic acids is 2. The standard InChI is InChI=1S/C10H9NO5/c12-9(13)5-3-7(16-6-1-2-6)8(10(14)15)11-4-5/h3-4,6H,1-2H2,(H,12,13)(H,14,15). The third-order valence-corrected chi connectivity index (χ3v) is 2.12. The van der Waals surface area contributed by atoms with Crippen molar-refractivity contribution in [3.63, 3.8) is 0 Å². The summed E-state index contributed by atoms with van der Waals surface area (Å²) in [6.45, 7) is 0. The molecular weight excluding hydrogens is 214 g/mol. The van der Waals surface area contributed by atoms with Crippen LogP contribution in [0.2, 0.25) is 0 Å². The fourth-order valence-electron chi connectivity index (χ4n) is 1.18. The first-order chi connectivity index (χ1) is 7.58. The van der Waals surface area contributed by atoms with Crippen molar-refractivity contribution in [2.75, 3.05) is 0 Å². The van der Waals surface area contributed by atoms with Gasteiger partial charge < -0.3 is 14.9 Å². The minimum Gasteiger partial charge on any atom is -0.488 e. The Morgan fingerprint density at radius 3 is 2.50 bits per heavy atom. The molecule has 2 rings (SSSR count). The molecule has 0 atom stereocenters. The highest BCUT2D eigenvalue weighted by atomic mass is 16.5. The molecule has 1 aromatic rings. The van der Waals surface area contributed by atoms with Gasteiger partial charge in [-0.25, -0.2) is 14.6 Å². The molecule has 0 bridgehead atoms. The number of ether oxygens (including phenoxy) is 1. The van der Waals surface area contributed by atoms with E-state index < -0.39 is 11.9 Å². The fraction of sp³-hybridized carbons (Fsp3) is 0.300. The maximum atomic E-state index is 10.8. The SMILES string of the molecule is O=C(O)c1cnc(C(=O)O)c(OC2CC2)c1. The average Bonchev–Trinajstić information content (AvgIpc) is 3.01. The van der Waals surface area contributed by atoms with Crippen LogP contribution in [0.25, 0.3) is 0 Å². The van der Waals surface area contributed by atoms with Gasteiger partial charge in [0.05, 0.1) is 11.7 Å². The lowest BCUT2D eigenvalue weighted by Gasteiger charge is -2.07. The van der Waals surface area contributed by atoms with Gasteiger partial charge in [0.15, 0.2) is 11.4 Å². The molecule has 0 amide bonds. The molecule has 1 aliphatic rings. The number of rotatable bonds is 4. The van der Waals surface area contributed by atoms with Crippen LogP contribution in [0.4, 0.5) is 0 Å². The fourth-order valence-corrected chi connectivity index (χ4v) is 1.18. The van der Waals surface area contributed by atoms with Crippen molar-refractivity contribution < 1.29 is 24.5 Å². The monoisotopic (exact) mass is 223 g/mol. The number of hydrogen-bond acceptors (Lipinski definition) is 4. The summed E-state index contributed by atoms with van der Waals surface area (Å²) in [6, 6.07) is 1.19. The Morgan fingerprint density at radius 1 is 1.31 bits per heavy atom. The molecule has 1 saturated carbocycles. The number of aromatic carboxylic acids is 2. The van der Waals surface area contributed by atoms with Crippen molar-refractivity contribution in [1.29, 1.82) is 0 Å². The summed E-state index contributed by atoms with van der Waals surface area (Å²) in [6.07, 6.45) is 2.71. The van der Waals surface area contributed by atoms with Gasteiger partial charge in [-0.3, -0.25) is 0 Å². The van der Waals surface area contributed by atoms with Crippen LogP contribution in [0.1, 0.15) is 33.7 Å². The quantitative estimate of drug-likeness (QED) is 0.790. The Bertz CT molecular complexity index is 453. The first-order valence-corrected chi connectivity index (χ1v) is 4.71. The van der Waals surface area contributed by atoms with E-state index in [1.54, 1.807) is 0 Å². The summed E-state index contributed by atoms with van der Waals surface area (Å²) in [5.41, 5.74) is -0.336. The van der Waals surface area contributed by atoms with Gasteiger partial charge in [-0.2, -0.15) is 0 Å². The van der Waals surface area contributed by atoms with E-state index in [-0.39, 0.29) is 23.1 Å². The van der Waals surface area contributed by atoms with E-state index in [0.717, 1.165) is 19.0 Å². The van der Waals surface area contributed by atoms with Crippen LogP contribution < -0.4 is 4.74 Å². The minimum absolute atomic E-state index is 0.0102. The number of aromatic nitrogens is 1. The molecule has 1 heterocycles. The molecule has 6 nitrogen and oxygen atoms in total. The smallest absolute Gasteiger partial charge is 0.358 e. The van der Waals surface area contributed by atoms with Crippen molar-refractivity contribution in [2.24, 2.45) is 0 Å². The van der Waals surface area contributed by atoms with Crippen molar-refractivity contribution >= 4 is 11.9 Å². The zero-order valence-electron chi connectivity index (χ0n) is 8.21. The number of carbonyl (C=O) groups is 2. The van der Waals surface area contributed by atoms with E-state index in [4.69, 9.17) is 14.9 Å². The molecule has 0 aromatic carbocycles. The topological polar surface area (TPSA) is 96.7 Å². The summed E-state index contributed by atoms with van der Waals surface area (Å²) in [5, 5.41) is 17.6. The van der Waals surface area contributed by atoms with Crippen LogP contribution in [0.15, 0.2) is 12.3 Å². The van der Waals surface area contributed by atoms with Gasteiger partial charge in [0.25, 0.3) is 0 Å². The Kier molecular flexibility index (Phi) is 2.47. The molecule has 84 valence electrons. The van der Waals surface area contributed by atoms with E-state index in [1.807, 2.05) is 0 Å². The van der Waals surface area contributed by atoms with E-state index in [9.17, 15) is 9.59 Å². The lowest BCUT2D eigenvalue weighted by Crippen LogP contribution is -2.09. The lowest BCUT2D eigenvalue weighted by molar-refractivity contribution is 0.0670. The average molecular weight is 223 g/mol. The molecule has 0 aliphatic heterocycles. The Hall–Kier alpha value is -2.11.